The van der Waals surface area contributed by atoms with Crippen molar-refractivity contribution in [3.05, 3.63) is 29.0 Å². The third-order valence-corrected chi connectivity index (χ3v) is 3.85. The Morgan fingerprint density at radius 3 is 2.83 bits per heavy atom. The number of hydrogen-bond acceptors (Lipinski definition) is 4. The van der Waals surface area contributed by atoms with Gasteiger partial charge in [0.25, 0.3) is 0 Å². The van der Waals surface area contributed by atoms with E-state index in [-0.39, 0.29) is 23.8 Å². The summed E-state index contributed by atoms with van der Waals surface area (Å²) in [5.41, 5.74) is 0.392. The Morgan fingerprint density at radius 1 is 1.43 bits per heavy atom. The lowest BCUT2D eigenvalue weighted by molar-refractivity contribution is -0.142. The minimum absolute atomic E-state index is 0.0203. The van der Waals surface area contributed by atoms with Crippen LogP contribution in [-0.4, -0.2) is 37.5 Å². The lowest BCUT2D eigenvalue weighted by Gasteiger charge is -2.17. The molecule has 2 rings (SSSR count). The van der Waals surface area contributed by atoms with Crippen LogP contribution in [0.25, 0.3) is 0 Å². The lowest BCUT2D eigenvalue weighted by Crippen LogP contribution is -2.41. The number of halogens is 2. The molecule has 1 aromatic rings. The van der Waals surface area contributed by atoms with Gasteiger partial charge in [-0.25, -0.2) is 4.39 Å². The number of carbonyl (C=O) groups excluding carboxylic acids is 3. The third kappa shape index (κ3) is 4.19. The van der Waals surface area contributed by atoms with Crippen LogP contribution in [0.15, 0.2) is 18.2 Å². The van der Waals surface area contributed by atoms with Gasteiger partial charge in [0.1, 0.15) is 11.9 Å². The normalized spacial score (nSPS) is 17.3. The summed E-state index contributed by atoms with van der Waals surface area (Å²) in [5, 5.41) is 2.56. The first-order valence-electron chi connectivity index (χ1n) is 7.05. The molecular formula is C15H16ClFN2O4. The van der Waals surface area contributed by atoms with Gasteiger partial charge in [0, 0.05) is 18.7 Å². The summed E-state index contributed by atoms with van der Waals surface area (Å²) >= 11 is 5.62. The highest BCUT2D eigenvalue weighted by Gasteiger charge is 2.33. The van der Waals surface area contributed by atoms with Crippen molar-refractivity contribution in [1.29, 1.82) is 0 Å². The second-order valence-corrected chi connectivity index (χ2v) is 5.48. The molecule has 1 atom stereocenters. The molecule has 0 radical (unpaired) electrons. The third-order valence-electron chi connectivity index (χ3n) is 3.54. The van der Waals surface area contributed by atoms with Gasteiger partial charge >= 0.3 is 5.97 Å². The summed E-state index contributed by atoms with van der Waals surface area (Å²) in [7, 11) is 1.24. The number of nitrogens with zero attached hydrogens (tertiary/aromatic N) is 1. The summed E-state index contributed by atoms with van der Waals surface area (Å²) in [6.45, 7) is 0.363. The highest BCUT2D eigenvalue weighted by Crippen LogP contribution is 2.25. The van der Waals surface area contributed by atoms with Gasteiger partial charge in [0.2, 0.25) is 11.8 Å². The Bertz CT molecular complexity index is 638. The second kappa shape index (κ2) is 7.41. The van der Waals surface area contributed by atoms with Crippen molar-refractivity contribution in [1.82, 2.24) is 5.32 Å². The van der Waals surface area contributed by atoms with Crippen molar-refractivity contribution >= 4 is 35.1 Å². The minimum atomic E-state index is -0.682. The lowest BCUT2D eigenvalue weighted by atomic mass is 10.2. The van der Waals surface area contributed by atoms with Crippen LogP contribution in [0, 0.1) is 5.82 Å². The molecule has 1 aromatic carbocycles. The fourth-order valence-corrected chi connectivity index (χ4v) is 2.42. The zero-order valence-corrected chi connectivity index (χ0v) is 13.2. The monoisotopic (exact) mass is 342 g/mol. The first-order chi connectivity index (χ1) is 10.9. The topological polar surface area (TPSA) is 75.7 Å². The maximum absolute atomic E-state index is 13.5. The van der Waals surface area contributed by atoms with Crippen molar-refractivity contribution in [2.45, 2.75) is 25.3 Å². The summed E-state index contributed by atoms with van der Waals surface area (Å²) < 4.78 is 17.9. The van der Waals surface area contributed by atoms with Crippen molar-refractivity contribution in [2.75, 3.05) is 18.6 Å². The van der Waals surface area contributed by atoms with Gasteiger partial charge in [-0.1, -0.05) is 11.6 Å². The molecule has 6 nitrogen and oxygen atoms in total. The van der Waals surface area contributed by atoms with Crippen LogP contribution in [0.4, 0.5) is 10.1 Å². The van der Waals surface area contributed by atoms with Gasteiger partial charge < -0.3 is 15.0 Å². The quantitative estimate of drug-likeness (QED) is 0.826. The molecule has 0 saturated carbocycles. The average Bonchev–Trinajstić information content (AvgIpc) is 2.88. The maximum atomic E-state index is 13.5. The fraction of sp³-hybridized carbons (Fsp3) is 0.400. The largest absolute Gasteiger partial charge is 0.469 e. The number of amides is 2. The smallest absolute Gasteiger partial charge is 0.306 e. The average molecular weight is 343 g/mol. The van der Waals surface area contributed by atoms with Crippen molar-refractivity contribution in [3.63, 3.8) is 0 Å². The van der Waals surface area contributed by atoms with E-state index >= 15 is 0 Å². The molecule has 23 heavy (non-hydrogen) atoms. The van der Waals surface area contributed by atoms with Crippen LogP contribution >= 0.6 is 11.6 Å². The molecular weight excluding hydrogens is 327 g/mol. The summed E-state index contributed by atoms with van der Waals surface area (Å²) in [6, 6.07) is 3.42. The molecule has 0 aliphatic carbocycles. The van der Waals surface area contributed by atoms with Crippen LogP contribution in [-0.2, 0) is 19.1 Å². The van der Waals surface area contributed by atoms with Crippen molar-refractivity contribution in [3.8, 4) is 0 Å². The van der Waals surface area contributed by atoms with E-state index in [0.717, 1.165) is 0 Å². The van der Waals surface area contributed by atoms with E-state index in [0.29, 0.717) is 18.7 Å². The van der Waals surface area contributed by atoms with Crippen molar-refractivity contribution in [2.24, 2.45) is 0 Å². The molecule has 1 N–H and O–H groups in total. The molecule has 124 valence electrons. The number of carbonyl (C=O) groups is 3. The van der Waals surface area contributed by atoms with Crippen LogP contribution < -0.4 is 10.2 Å². The zero-order valence-electron chi connectivity index (χ0n) is 12.5. The molecule has 8 heteroatoms. The van der Waals surface area contributed by atoms with Crippen molar-refractivity contribution < 1.29 is 23.5 Å². The standard InChI is InChI=1S/C15H16ClFN2O4/c1-23-14(21)5-4-13(20)18-12-6-7-19(15(12)22)9-2-3-10(16)11(17)8-9/h2-3,8,12H,4-7H2,1H3,(H,18,20). The molecule has 1 heterocycles. The van der Waals surface area contributed by atoms with Crippen LogP contribution in [0.5, 0.6) is 0 Å². The Balaban J connectivity index is 1.94. The van der Waals surface area contributed by atoms with E-state index < -0.39 is 23.7 Å². The SMILES string of the molecule is COC(=O)CCC(=O)NC1CCN(c2ccc(Cl)c(F)c2)C1=O. The Kier molecular flexibility index (Phi) is 5.54. The van der Waals surface area contributed by atoms with E-state index in [2.05, 4.69) is 10.1 Å². The van der Waals surface area contributed by atoms with Gasteiger partial charge in [-0.3, -0.25) is 14.4 Å². The Morgan fingerprint density at radius 2 is 2.17 bits per heavy atom. The van der Waals surface area contributed by atoms with E-state index in [4.69, 9.17) is 11.6 Å². The first-order valence-corrected chi connectivity index (χ1v) is 7.42. The number of benzene rings is 1. The Hall–Kier alpha value is -2.15. The number of nitrogens with one attached hydrogen (secondary N) is 1. The van der Waals surface area contributed by atoms with E-state index in [1.807, 2.05) is 0 Å². The molecule has 1 aliphatic rings. The fourth-order valence-electron chi connectivity index (χ4n) is 2.31. The predicted octanol–water partition coefficient (Wildman–Crippen LogP) is 1.65. The van der Waals surface area contributed by atoms with Crippen LogP contribution in [0.3, 0.4) is 0 Å². The van der Waals surface area contributed by atoms with Crippen LogP contribution in [0.2, 0.25) is 5.02 Å². The predicted molar refractivity (Wildman–Crippen MR) is 81.6 cm³/mol. The number of ether oxygens (including phenoxy) is 1. The van der Waals surface area contributed by atoms with E-state index in [9.17, 15) is 18.8 Å². The highest BCUT2D eigenvalue weighted by molar-refractivity contribution is 6.30. The van der Waals surface area contributed by atoms with Gasteiger partial charge in [0.15, 0.2) is 0 Å². The maximum Gasteiger partial charge on any atom is 0.306 e. The summed E-state index contributed by atoms with van der Waals surface area (Å²) in [5.74, 6) is -1.82. The second-order valence-electron chi connectivity index (χ2n) is 5.07. The van der Waals surface area contributed by atoms with E-state index in [1.165, 1.54) is 24.1 Å². The van der Waals surface area contributed by atoms with Gasteiger partial charge in [-0.2, -0.15) is 0 Å². The summed E-state index contributed by atoms with van der Waals surface area (Å²) in [6.07, 6.45) is 0.314. The number of methoxy groups -OCH3 is 1. The molecule has 1 fully saturated rings. The number of anilines is 1. The molecule has 2 amide bonds. The minimum Gasteiger partial charge on any atom is -0.469 e. The van der Waals surface area contributed by atoms with Crippen LogP contribution in [0.1, 0.15) is 19.3 Å². The van der Waals surface area contributed by atoms with Gasteiger partial charge in [0.05, 0.1) is 18.6 Å². The number of esters is 1. The number of rotatable bonds is 5. The summed E-state index contributed by atoms with van der Waals surface area (Å²) in [4.78, 5) is 36.4. The number of hydrogen-bond donors (Lipinski definition) is 1. The Labute approximate surface area is 137 Å². The van der Waals surface area contributed by atoms with E-state index in [1.54, 1.807) is 6.07 Å². The molecule has 0 spiro atoms. The molecule has 0 aromatic heterocycles. The highest BCUT2D eigenvalue weighted by atomic mass is 35.5. The van der Waals surface area contributed by atoms with Gasteiger partial charge in [-0.15, -0.1) is 0 Å². The molecule has 1 saturated heterocycles. The van der Waals surface area contributed by atoms with Gasteiger partial charge in [-0.05, 0) is 24.6 Å². The molecule has 1 aliphatic heterocycles. The first kappa shape index (κ1) is 17.2. The zero-order chi connectivity index (χ0) is 17.0. The molecule has 1 unspecified atom stereocenters. The molecule has 0 bridgehead atoms.